The second kappa shape index (κ2) is 5.10. The van der Waals surface area contributed by atoms with Gasteiger partial charge in [0.2, 0.25) is 5.91 Å². The van der Waals surface area contributed by atoms with Crippen LogP contribution in [0.1, 0.15) is 17.5 Å². The van der Waals surface area contributed by atoms with Crippen LogP contribution in [0.25, 0.3) is 0 Å². The molecular formula is C13H17NO3S. The molecule has 2 rings (SSSR count). The van der Waals surface area contributed by atoms with E-state index in [0.717, 1.165) is 18.2 Å². The number of fused-ring (bicyclic) bond motifs is 1. The first-order chi connectivity index (χ1) is 8.46. The molecule has 1 aliphatic rings. The second-order valence-electron chi connectivity index (χ2n) is 4.71. The molecule has 1 amide bonds. The number of rotatable bonds is 3. The van der Waals surface area contributed by atoms with E-state index >= 15 is 0 Å². The molecule has 0 unspecified atom stereocenters. The van der Waals surface area contributed by atoms with Gasteiger partial charge in [-0.1, -0.05) is 24.3 Å². The third-order valence-electron chi connectivity index (χ3n) is 3.17. The number of carbonyl (C=O) groups excluding carboxylic acids is 1. The zero-order chi connectivity index (χ0) is 13.2. The van der Waals surface area contributed by atoms with Gasteiger partial charge in [-0.05, 0) is 17.5 Å². The van der Waals surface area contributed by atoms with E-state index in [4.69, 9.17) is 0 Å². The fraction of sp³-hybridized carbons (Fsp3) is 0.462. The lowest BCUT2D eigenvalue weighted by molar-refractivity contribution is -0.131. The van der Waals surface area contributed by atoms with E-state index in [0.29, 0.717) is 13.1 Å². The summed E-state index contributed by atoms with van der Waals surface area (Å²) in [7, 11) is -3.07. The van der Waals surface area contributed by atoms with E-state index in [-0.39, 0.29) is 18.1 Å². The van der Waals surface area contributed by atoms with E-state index in [1.54, 1.807) is 4.90 Å². The molecule has 5 heteroatoms. The molecule has 0 fully saturated rings. The summed E-state index contributed by atoms with van der Waals surface area (Å²) >= 11 is 0. The molecule has 0 atom stereocenters. The molecule has 1 aromatic carbocycles. The predicted octanol–water partition coefficient (Wildman–Crippen LogP) is 1.01. The molecule has 0 radical (unpaired) electrons. The topological polar surface area (TPSA) is 54.5 Å². The standard InChI is InChI=1S/C13H17NO3S/c1-18(16,17)9-7-13(15)14-8-6-11-4-2-3-5-12(11)10-14/h2-5H,6-10H2,1H3. The molecule has 1 aliphatic heterocycles. The Morgan fingerprint density at radius 1 is 1.28 bits per heavy atom. The quantitative estimate of drug-likeness (QED) is 0.821. The molecule has 0 saturated heterocycles. The van der Waals surface area contributed by atoms with E-state index in [2.05, 4.69) is 6.07 Å². The molecule has 0 spiro atoms. The van der Waals surface area contributed by atoms with Gasteiger partial charge in [0.1, 0.15) is 9.84 Å². The maximum absolute atomic E-state index is 11.9. The van der Waals surface area contributed by atoms with Crippen LogP contribution in [0.5, 0.6) is 0 Å². The molecule has 0 N–H and O–H groups in total. The Hall–Kier alpha value is -1.36. The summed E-state index contributed by atoms with van der Waals surface area (Å²) in [6.45, 7) is 1.28. The van der Waals surface area contributed by atoms with Crippen LogP contribution in [0.3, 0.4) is 0 Å². The van der Waals surface area contributed by atoms with Gasteiger partial charge in [-0.2, -0.15) is 0 Å². The lowest BCUT2D eigenvalue weighted by Gasteiger charge is -2.28. The Morgan fingerprint density at radius 2 is 1.94 bits per heavy atom. The zero-order valence-electron chi connectivity index (χ0n) is 10.4. The third-order valence-corrected chi connectivity index (χ3v) is 4.12. The van der Waals surface area contributed by atoms with Gasteiger partial charge >= 0.3 is 0 Å². The average Bonchev–Trinajstić information content (AvgIpc) is 2.34. The minimum atomic E-state index is -3.07. The van der Waals surface area contributed by atoms with E-state index in [1.165, 1.54) is 5.56 Å². The van der Waals surface area contributed by atoms with E-state index < -0.39 is 9.84 Å². The summed E-state index contributed by atoms with van der Waals surface area (Å²) in [4.78, 5) is 13.7. The highest BCUT2D eigenvalue weighted by Gasteiger charge is 2.20. The first-order valence-corrected chi connectivity index (χ1v) is 8.04. The molecule has 0 bridgehead atoms. The molecular weight excluding hydrogens is 250 g/mol. The van der Waals surface area contributed by atoms with Gasteiger partial charge in [0, 0.05) is 25.8 Å². The molecule has 0 saturated carbocycles. The summed E-state index contributed by atoms with van der Waals surface area (Å²) in [5.41, 5.74) is 2.45. The summed E-state index contributed by atoms with van der Waals surface area (Å²) in [5, 5.41) is 0. The second-order valence-corrected chi connectivity index (χ2v) is 6.97. The fourth-order valence-electron chi connectivity index (χ4n) is 2.14. The number of sulfone groups is 1. The van der Waals surface area contributed by atoms with Gasteiger partial charge in [-0.3, -0.25) is 4.79 Å². The van der Waals surface area contributed by atoms with Gasteiger partial charge in [0.15, 0.2) is 0 Å². The van der Waals surface area contributed by atoms with Crippen LogP contribution < -0.4 is 0 Å². The maximum atomic E-state index is 11.9. The van der Waals surface area contributed by atoms with Crippen LogP contribution in [0, 0.1) is 0 Å². The fourth-order valence-corrected chi connectivity index (χ4v) is 2.68. The smallest absolute Gasteiger partial charge is 0.223 e. The van der Waals surface area contributed by atoms with Crippen molar-refractivity contribution in [3.8, 4) is 0 Å². The Morgan fingerprint density at radius 3 is 2.61 bits per heavy atom. The van der Waals surface area contributed by atoms with Crippen molar-refractivity contribution in [1.29, 1.82) is 0 Å². The Kier molecular flexibility index (Phi) is 3.71. The van der Waals surface area contributed by atoms with Crippen molar-refractivity contribution in [2.24, 2.45) is 0 Å². The molecule has 98 valence electrons. The predicted molar refractivity (Wildman–Crippen MR) is 69.9 cm³/mol. The number of hydrogen-bond acceptors (Lipinski definition) is 3. The minimum absolute atomic E-state index is 0.0655. The van der Waals surface area contributed by atoms with Gasteiger partial charge in [-0.15, -0.1) is 0 Å². The van der Waals surface area contributed by atoms with E-state index in [1.807, 2.05) is 18.2 Å². The Balaban J connectivity index is 1.99. The number of carbonyl (C=O) groups is 1. The molecule has 1 aromatic rings. The highest BCUT2D eigenvalue weighted by atomic mass is 32.2. The number of amides is 1. The van der Waals surface area contributed by atoms with Crippen molar-refractivity contribution in [1.82, 2.24) is 4.90 Å². The molecule has 18 heavy (non-hydrogen) atoms. The van der Waals surface area contributed by atoms with Crippen molar-refractivity contribution in [3.05, 3.63) is 35.4 Å². The minimum Gasteiger partial charge on any atom is -0.338 e. The van der Waals surface area contributed by atoms with Crippen molar-refractivity contribution in [3.63, 3.8) is 0 Å². The SMILES string of the molecule is CS(=O)(=O)CCC(=O)N1CCc2ccccc2C1. The summed E-state index contributed by atoms with van der Waals surface area (Å²) in [6.07, 6.45) is 2.09. The monoisotopic (exact) mass is 267 g/mol. The largest absolute Gasteiger partial charge is 0.338 e. The van der Waals surface area contributed by atoms with Crippen LogP contribution in [0.15, 0.2) is 24.3 Å². The number of nitrogens with zero attached hydrogens (tertiary/aromatic N) is 1. The van der Waals surface area contributed by atoms with E-state index in [9.17, 15) is 13.2 Å². The molecule has 4 nitrogen and oxygen atoms in total. The highest BCUT2D eigenvalue weighted by molar-refractivity contribution is 7.90. The third kappa shape index (κ3) is 3.32. The zero-order valence-corrected chi connectivity index (χ0v) is 11.2. The number of hydrogen-bond donors (Lipinski definition) is 0. The van der Waals surface area contributed by atoms with Crippen LogP contribution in [-0.2, 0) is 27.6 Å². The normalized spacial score (nSPS) is 15.3. The van der Waals surface area contributed by atoms with Gasteiger partial charge in [0.05, 0.1) is 5.75 Å². The van der Waals surface area contributed by atoms with Crippen LogP contribution in [0.4, 0.5) is 0 Å². The van der Waals surface area contributed by atoms with Crippen LogP contribution >= 0.6 is 0 Å². The van der Waals surface area contributed by atoms with Gasteiger partial charge in [0.25, 0.3) is 0 Å². The highest BCUT2D eigenvalue weighted by Crippen LogP contribution is 2.18. The number of benzene rings is 1. The summed E-state index contributed by atoms with van der Waals surface area (Å²) in [5.74, 6) is -0.140. The lowest BCUT2D eigenvalue weighted by atomic mass is 10.00. The van der Waals surface area contributed by atoms with Crippen molar-refractivity contribution in [2.75, 3.05) is 18.6 Å². The van der Waals surface area contributed by atoms with Gasteiger partial charge < -0.3 is 4.90 Å². The molecule has 0 aromatic heterocycles. The molecule has 1 heterocycles. The van der Waals surface area contributed by atoms with Crippen LogP contribution in [0.2, 0.25) is 0 Å². The van der Waals surface area contributed by atoms with Crippen molar-refractivity contribution < 1.29 is 13.2 Å². The summed E-state index contributed by atoms with van der Waals surface area (Å²) in [6, 6.07) is 8.06. The van der Waals surface area contributed by atoms with Gasteiger partial charge in [-0.25, -0.2) is 8.42 Å². The molecule has 0 aliphatic carbocycles. The lowest BCUT2D eigenvalue weighted by Crippen LogP contribution is -2.36. The van der Waals surface area contributed by atoms with Crippen LogP contribution in [-0.4, -0.2) is 37.8 Å². The first-order valence-electron chi connectivity index (χ1n) is 5.98. The summed E-state index contributed by atoms with van der Waals surface area (Å²) < 4.78 is 22.1. The Bertz CT molecular complexity index is 551. The Labute approximate surface area is 108 Å². The van der Waals surface area contributed by atoms with Crippen molar-refractivity contribution in [2.45, 2.75) is 19.4 Å². The maximum Gasteiger partial charge on any atom is 0.223 e. The first kappa shape index (κ1) is 13.1. The van der Waals surface area contributed by atoms with Crippen molar-refractivity contribution >= 4 is 15.7 Å². The average molecular weight is 267 g/mol.